The summed E-state index contributed by atoms with van der Waals surface area (Å²) in [5, 5.41) is 6.78. The standard InChI is InChI=1S/C15H12N6S/c1-21-13-11(7-19-21)14(18-9-17-13)22-15-16-8-12(20-15)10-5-3-2-4-6-10/h2-9H,1H3,(H,16,20). The molecule has 0 saturated carbocycles. The molecule has 6 nitrogen and oxygen atoms in total. The predicted molar refractivity (Wildman–Crippen MR) is 84.5 cm³/mol. The molecule has 0 atom stereocenters. The van der Waals surface area contributed by atoms with Crippen molar-refractivity contribution >= 4 is 22.8 Å². The van der Waals surface area contributed by atoms with Gasteiger partial charge in [-0.05, 0) is 17.3 Å². The van der Waals surface area contributed by atoms with Gasteiger partial charge in [-0.1, -0.05) is 30.3 Å². The molecule has 4 rings (SSSR count). The fraction of sp³-hybridized carbons (Fsp3) is 0.0667. The van der Waals surface area contributed by atoms with E-state index in [0.717, 1.165) is 32.5 Å². The maximum absolute atomic E-state index is 4.42. The molecule has 7 heteroatoms. The molecule has 1 N–H and O–H groups in total. The molecule has 3 aromatic heterocycles. The third-order valence-electron chi connectivity index (χ3n) is 3.32. The Hall–Kier alpha value is -2.67. The van der Waals surface area contributed by atoms with Crippen molar-refractivity contribution in [2.45, 2.75) is 10.2 Å². The minimum absolute atomic E-state index is 0.794. The van der Waals surface area contributed by atoms with Crippen molar-refractivity contribution in [3.8, 4) is 11.3 Å². The second kappa shape index (κ2) is 5.27. The van der Waals surface area contributed by atoms with E-state index in [2.05, 4.69) is 25.0 Å². The van der Waals surface area contributed by atoms with Crippen LogP contribution in [-0.2, 0) is 7.05 Å². The molecular weight excluding hydrogens is 296 g/mol. The van der Waals surface area contributed by atoms with E-state index in [1.54, 1.807) is 17.2 Å². The van der Waals surface area contributed by atoms with E-state index >= 15 is 0 Å². The Bertz CT molecular complexity index is 928. The quantitative estimate of drug-likeness (QED) is 0.589. The molecule has 0 saturated heterocycles. The topological polar surface area (TPSA) is 72.3 Å². The van der Waals surface area contributed by atoms with Gasteiger partial charge in [0.1, 0.15) is 11.4 Å². The van der Waals surface area contributed by atoms with Gasteiger partial charge in [0.05, 0.1) is 23.5 Å². The van der Waals surface area contributed by atoms with Crippen molar-refractivity contribution in [3.63, 3.8) is 0 Å². The molecule has 0 aliphatic heterocycles. The van der Waals surface area contributed by atoms with Crippen molar-refractivity contribution in [1.29, 1.82) is 0 Å². The third kappa shape index (κ3) is 2.25. The van der Waals surface area contributed by atoms with Crippen LogP contribution < -0.4 is 0 Å². The van der Waals surface area contributed by atoms with E-state index in [1.807, 2.05) is 43.6 Å². The minimum Gasteiger partial charge on any atom is -0.333 e. The molecule has 0 bridgehead atoms. The SMILES string of the molecule is Cn1ncc2c(Sc3ncc(-c4ccccc4)[nH]3)ncnc21. The summed E-state index contributed by atoms with van der Waals surface area (Å²) < 4.78 is 1.73. The fourth-order valence-electron chi connectivity index (χ4n) is 2.23. The number of hydrogen-bond acceptors (Lipinski definition) is 5. The zero-order chi connectivity index (χ0) is 14.9. The van der Waals surface area contributed by atoms with Gasteiger partial charge >= 0.3 is 0 Å². The molecular formula is C15H12N6S. The summed E-state index contributed by atoms with van der Waals surface area (Å²) in [5.41, 5.74) is 2.91. The molecule has 0 spiro atoms. The van der Waals surface area contributed by atoms with Gasteiger partial charge in [0.25, 0.3) is 0 Å². The largest absolute Gasteiger partial charge is 0.333 e. The van der Waals surface area contributed by atoms with E-state index in [-0.39, 0.29) is 0 Å². The van der Waals surface area contributed by atoms with Gasteiger partial charge in [-0.15, -0.1) is 0 Å². The first kappa shape index (κ1) is 13.0. The highest BCUT2D eigenvalue weighted by Crippen LogP contribution is 2.30. The van der Waals surface area contributed by atoms with Crippen molar-refractivity contribution in [2.24, 2.45) is 7.05 Å². The first-order valence-electron chi connectivity index (χ1n) is 6.72. The average molecular weight is 308 g/mol. The number of aryl methyl sites for hydroxylation is 1. The van der Waals surface area contributed by atoms with Crippen molar-refractivity contribution in [3.05, 3.63) is 49.1 Å². The Kier molecular flexibility index (Phi) is 3.12. The summed E-state index contributed by atoms with van der Waals surface area (Å²) in [6, 6.07) is 10.1. The van der Waals surface area contributed by atoms with Gasteiger partial charge < -0.3 is 4.98 Å². The van der Waals surface area contributed by atoms with Crippen LogP contribution in [0.15, 0.2) is 59.2 Å². The Balaban J connectivity index is 1.68. The molecule has 22 heavy (non-hydrogen) atoms. The van der Waals surface area contributed by atoms with Crippen LogP contribution in [0.4, 0.5) is 0 Å². The molecule has 1 aromatic carbocycles. The van der Waals surface area contributed by atoms with Crippen LogP contribution in [0.3, 0.4) is 0 Å². The van der Waals surface area contributed by atoms with Gasteiger partial charge in [-0.3, -0.25) is 4.68 Å². The zero-order valence-corrected chi connectivity index (χ0v) is 12.6. The fourth-order valence-corrected chi connectivity index (χ4v) is 3.04. The number of benzene rings is 1. The number of aromatic nitrogens is 6. The van der Waals surface area contributed by atoms with E-state index in [0.29, 0.717) is 0 Å². The second-order valence-corrected chi connectivity index (χ2v) is 5.73. The Morgan fingerprint density at radius 2 is 1.91 bits per heavy atom. The Labute approximate surface area is 130 Å². The van der Waals surface area contributed by atoms with Crippen LogP contribution in [0.2, 0.25) is 0 Å². The highest BCUT2D eigenvalue weighted by Gasteiger charge is 2.11. The second-order valence-electron chi connectivity index (χ2n) is 4.75. The van der Waals surface area contributed by atoms with Crippen LogP contribution in [-0.4, -0.2) is 29.7 Å². The summed E-state index contributed by atoms with van der Waals surface area (Å²) in [5.74, 6) is 0. The molecule has 4 aromatic rings. The predicted octanol–water partition coefficient (Wildman–Crippen LogP) is 2.90. The van der Waals surface area contributed by atoms with E-state index in [4.69, 9.17) is 0 Å². The van der Waals surface area contributed by atoms with E-state index in [9.17, 15) is 0 Å². The van der Waals surface area contributed by atoms with Crippen LogP contribution in [0.25, 0.3) is 22.3 Å². The number of fused-ring (bicyclic) bond motifs is 1. The molecule has 0 aliphatic rings. The van der Waals surface area contributed by atoms with E-state index in [1.165, 1.54) is 11.8 Å². The van der Waals surface area contributed by atoms with Gasteiger partial charge in [-0.25, -0.2) is 15.0 Å². The summed E-state index contributed by atoms with van der Waals surface area (Å²) >= 11 is 1.47. The van der Waals surface area contributed by atoms with Crippen molar-refractivity contribution < 1.29 is 0 Å². The number of nitrogens with zero attached hydrogens (tertiary/aromatic N) is 5. The lowest BCUT2D eigenvalue weighted by Gasteiger charge is -1.99. The zero-order valence-electron chi connectivity index (χ0n) is 11.8. The molecule has 3 heterocycles. The third-order valence-corrected chi connectivity index (χ3v) is 4.24. The molecule has 108 valence electrons. The number of aromatic amines is 1. The number of hydrogen-bond donors (Lipinski definition) is 1. The maximum atomic E-state index is 4.42. The first-order valence-corrected chi connectivity index (χ1v) is 7.54. The number of H-pyrrole nitrogens is 1. The van der Waals surface area contributed by atoms with Crippen LogP contribution >= 0.6 is 11.8 Å². The monoisotopic (exact) mass is 308 g/mol. The highest BCUT2D eigenvalue weighted by molar-refractivity contribution is 7.99. The first-order chi connectivity index (χ1) is 10.8. The molecule has 0 amide bonds. The normalized spacial score (nSPS) is 11.1. The molecule has 0 unspecified atom stereocenters. The lowest BCUT2D eigenvalue weighted by Crippen LogP contribution is -1.92. The van der Waals surface area contributed by atoms with Crippen LogP contribution in [0, 0.1) is 0 Å². The maximum Gasteiger partial charge on any atom is 0.172 e. The van der Waals surface area contributed by atoms with E-state index < -0.39 is 0 Å². The number of rotatable bonds is 3. The minimum atomic E-state index is 0.794. The van der Waals surface area contributed by atoms with Gasteiger partial charge in [-0.2, -0.15) is 5.10 Å². The molecule has 0 fully saturated rings. The lowest BCUT2D eigenvalue weighted by molar-refractivity contribution is 0.784. The van der Waals surface area contributed by atoms with Crippen molar-refractivity contribution in [2.75, 3.05) is 0 Å². The Morgan fingerprint density at radius 3 is 2.77 bits per heavy atom. The van der Waals surface area contributed by atoms with Crippen LogP contribution in [0.5, 0.6) is 0 Å². The number of nitrogens with one attached hydrogen (secondary N) is 1. The van der Waals surface area contributed by atoms with Crippen LogP contribution in [0.1, 0.15) is 0 Å². The Morgan fingerprint density at radius 1 is 1.05 bits per heavy atom. The average Bonchev–Trinajstić information content (AvgIpc) is 3.17. The summed E-state index contributed by atoms with van der Waals surface area (Å²) in [7, 11) is 1.87. The van der Waals surface area contributed by atoms with Gasteiger partial charge in [0, 0.05) is 7.05 Å². The van der Waals surface area contributed by atoms with Gasteiger partial charge in [0.15, 0.2) is 10.8 Å². The summed E-state index contributed by atoms with van der Waals surface area (Å²) in [4.78, 5) is 16.3. The smallest absolute Gasteiger partial charge is 0.172 e. The molecule has 0 radical (unpaired) electrons. The highest BCUT2D eigenvalue weighted by atomic mass is 32.2. The number of imidazole rings is 1. The lowest BCUT2D eigenvalue weighted by atomic mass is 10.2. The summed E-state index contributed by atoms with van der Waals surface area (Å²) in [6.07, 6.45) is 5.16. The van der Waals surface area contributed by atoms with Crippen molar-refractivity contribution in [1.82, 2.24) is 29.7 Å². The molecule has 0 aliphatic carbocycles. The summed E-state index contributed by atoms with van der Waals surface area (Å²) in [6.45, 7) is 0. The van der Waals surface area contributed by atoms with Gasteiger partial charge in [0.2, 0.25) is 0 Å².